The highest BCUT2D eigenvalue weighted by Gasteiger charge is 2.42. The lowest BCUT2D eigenvalue weighted by atomic mass is 9.79. The number of hydrogen-bond donors (Lipinski definition) is 0. The maximum absolute atomic E-state index is 13.3. The molecule has 1 atom stereocenters. The van der Waals surface area contributed by atoms with Crippen LogP contribution in [0.25, 0.3) is 0 Å². The maximum Gasteiger partial charge on any atom is 0.129 e. The van der Waals surface area contributed by atoms with E-state index in [9.17, 15) is 4.39 Å². The van der Waals surface area contributed by atoms with Gasteiger partial charge in [0.1, 0.15) is 5.82 Å². The largest absolute Gasteiger partial charge is 0.372 e. The number of hydrogen-bond acceptors (Lipinski definition) is 1. The minimum Gasteiger partial charge on any atom is -0.372 e. The van der Waals surface area contributed by atoms with Gasteiger partial charge in [-0.1, -0.05) is 32.0 Å². The van der Waals surface area contributed by atoms with Gasteiger partial charge < -0.3 is 4.74 Å². The van der Waals surface area contributed by atoms with Crippen molar-refractivity contribution in [2.75, 3.05) is 6.61 Å². The molecule has 2 heteroatoms. The van der Waals surface area contributed by atoms with Crippen molar-refractivity contribution in [3.63, 3.8) is 0 Å². The minimum absolute atomic E-state index is 0.0716. The van der Waals surface area contributed by atoms with Crippen LogP contribution in [-0.4, -0.2) is 6.61 Å². The third-order valence-corrected chi connectivity index (χ3v) is 2.52. The van der Waals surface area contributed by atoms with Crippen LogP contribution in [0, 0.1) is 11.2 Å². The maximum atomic E-state index is 13.3. The molecule has 1 fully saturated rings. The van der Waals surface area contributed by atoms with Crippen LogP contribution in [-0.2, 0) is 4.74 Å². The predicted octanol–water partition coefficient (Wildman–Crippen LogP) is 2.92. The Kier molecular flexibility index (Phi) is 1.88. The van der Waals surface area contributed by atoms with Crippen LogP contribution in [0.1, 0.15) is 25.5 Å². The first-order valence-electron chi connectivity index (χ1n) is 4.47. The highest BCUT2D eigenvalue weighted by molar-refractivity contribution is 5.23. The first kappa shape index (κ1) is 8.70. The van der Waals surface area contributed by atoms with Gasteiger partial charge in [0.05, 0.1) is 12.7 Å². The number of rotatable bonds is 1. The van der Waals surface area contributed by atoms with E-state index >= 15 is 0 Å². The molecule has 1 saturated heterocycles. The van der Waals surface area contributed by atoms with E-state index in [1.807, 2.05) is 6.07 Å². The zero-order valence-corrected chi connectivity index (χ0v) is 7.88. The third kappa shape index (κ3) is 1.35. The van der Waals surface area contributed by atoms with Crippen molar-refractivity contribution in [1.82, 2.24) is 0 Å². The molecule has 70 valence electrons. The number of benzene rings is 1. The second-order valence-corrected chi connectivity index (χ2v) is 4.20. The van der Waals surface area contributed by atoms with E-state index in [1.54, 1.807) is 12.1 Å². The number of ether oxygens (including phenoxy) is 1. The zero-order chi connectivity index (χ0) is 9.47. The molecule has 2 rings (SSSR count). The fraction of sp³-hybridized carbons (Fsp3) is 0.455. The van der Waals surface area contributed by atoms with Gasteiger partial charge >= 0.3 is 0 Å². The van der Waals surface area contributed by atoms with Crippen molar-refractivity contribution in [2.24, 2.45) is 5.41 Å². The van der Waals surface area contributed by atoms with Crippen LogP contribution in [0.5, 0.6) is 0 Å². The summed E-state index contributed by atoms with van der Waals surface area (Å²) in [6.45, 7) is 4.90. The molecular formula is C11H13FO. The Morgan fingerprint density at radius 3 is 2.54 bits per heavy atom. The van der Waals surface area contributed by atoms with Gasteiger partial charge in [0.25, 0.3) is 0 Å². The molecule has 0 aromatic heterocycles. The smallest absolute Gasteiger partial charge is 0.129 e. The van der Waals surface area contributed by atoms with Crippen LogP contribution in [0.4, 0.5) is 4.39 Å². The molecule has 0 saturated carbocycles. The van der Waals surface area contributed by atoms with Crippen LogP contribution in [0.15, 0.2) is 24.3 Å². The Morgan fingerprint density at radius 1 is 1.38 bits per heavy atom. The van der Waals surface area contributed by atoms with Gasteiger partial charge in [-0.3, -0.25) is 0 Å². The molecule has 1 aromatic rings. The average Bonchev–Trinajstić information content (AvgIpc) is 2.07. The molecular weight excluding hydrogens is 167 g/mol. The summed E-state index contributed by atoms with van der Waals surface area (Å²) in [6, 6.07) is 6.81. The molecule has 1 aromatic carbocycles. The van der Waals surface area contributed by atoms with Crippen LogP contribution in [0.3, 0.4) is 0 Å². The fourth-order valence-electron chi connectivity index (χ4n) is 1.70. The summed E-state index contributed by atoms with van der Waals surface area (Å²) in [7, 11) is 0. The lowest BCUT2D eigenvalue weighted by Gasteiger charge is -2.44. The van der Waals surface area contributed by atoms with Crippen molar-refractivity contribution in [2.45, 2.75) is 20.0 Å². The summed E-state index contributed by atoms with van der Waals surface area (Å²) in [5.41, 5.74) is 0.751. The van der Waals surface area contributed by atoms with Gasteiger partial charge in [0.15, 0.2) is 0 Å². The fourth-order valence-corrected chi connectivity index (χ4v) is 1.70. The molecule has 13 heavy (non-hydrogen) atoms. The van der Waals surface area contributed by atoms with E-state index in [4.69, 9.17) is 4.74 Å². The first-order valence-corrected chi connectivity index (χ1v) is 4.47. The van der Waals surface area contributed by atoms with Crippen LogP contribution in [0.2, 0.25) is 0 Å². The Hall–Kier alpha value is -0.890. The van der Waals surface area contributed by atoms with Crippen molar-refractivity contribution >= 4 is 0 Å². The Labute approximate surface area is 77.5 Å². The topological polar surface area (TPSA) is 9.23 Å². The Balaban J connectivity index is 2.32. The molecule has 1 nitrogen and oxygen atoms in total. The molecule has 1 aliphatic rings. The van der Waals surface area contributed by atoms with Crippen molar-refractivity contribution in [1.29, 1.82) is 0 Å². The predicted molar refractivity (Wildman–Crippen MR) is 48.9 cm³/mol. The zero-order valence-electron chi connectivity index (χ0n) is 7.88. The van der Waals surface area contributed by atoms with E-state index in [1.165, 1.54) is 6.07 Å². The molecule has 0 aliphatic carbocycles. The SMILES string of the molecule is CC1(C)CO[C@H]1c1ccccc1F. The highest BCUT2D eigenvalue weighted by atomic mass is 19.1. The van der Waals surface area contributed by atoms with Gasteiger partial charge in [-0.25, -0.2) is 4.39 Å². The molecule has 0 radical (unpaired) electrons. The number of halogens is 1. The summed E-state index contributed by atoms with van der Waals surface area (Å²) in [4.78, 5) is 0. The van der Waals surface area contributed by atoms with Gasteiger partial charge in [0, 0.05) is 11.0 Å². The summed E-state index contributed by atoms with van der Waals surface area (Å²) < 4.78 is 18.7. The quantitative estimate of drug-likeness (QED) is 0.645. The van der Waals surface area contributed by atoms with Crippen molar-refractivity contribution < 1.29 is 9.13 Å². The third-order valence-electron chi connectivity index (χ3n) is 2.52. The van der Waals surface area contributed by atoms with E-state index in [0.717, 1.165) is 0 Å². The van der Waals surface area contributed by atoms with Crippen molar-refractivity contribution in [3.05, 3.63) is 35.6 Å². The lowest BCUT2D eigenvalue weighted by molar-refractivity contribution is -0.173. The summed E-state index contributed by atoms with van der Waals surface area (Å²) in [5, 5.41) is 0. The van der Waals surface area contributed by atoms with E-state index in [0.29, 0.717) is 12.2 Å². The van der Waals surface area contributed by atoms with Gasteiger partial charge in [0.2, 0.25) is 0 Å². The highest BCUT2D eigenvalue weighted by Crippen LogP contribution is 2.46. The van der Waals surface area contributed by atoms with Crippen LogP contribution >= 0.6 is 0 Å². The molecule has 1 aliphatic heterocycles. The summed E-state index contributed by atoms with van der Waals surface area (Å²) in [6.07, 6.45) is -0.0753. The second kappa shape index (κ2) is 2.81. The van der Waals surface area contributed by atoms with Gasteiger partial charge in [-0.05, 0) is 6.07 Å². The molecule has 0 bridgehead atoms. The van der Waals surface area contributed by atoms with E-state index < -0.39 is 0 Å². The molecule has 0 amide bonds. The second-order valence-electron chi connectivity index (χ2n) is 4.20. The standard InChI is InChI=1S/C11H13FO/c1-11(2)7-13-10(11)8-5-3-4-6-9(8)12/h3-6,10H,7H2,1-2H3/t10-/m0/s1. The van der Waals surface area contributed by atoms with E-state index in [2.05, 4.69) is 13.8 Å². The lowest BCUT2D eigenvalue weighted by Crippen LogP contribution is -2.40. The van der Waals surface area contributed by atoms with Crippen molar-refractivity contribution in [3.8, 4) is 0 Å². The Bertz CT molecular complexity index is 320. The summed E-state index contributed by atoms with van der Waals surface area (Å²) in [5.74, 6) is -0.166. The average molecular weight is 180 g/mol. The minimum atomic E-state index is -0.166. The molecule has 1 heterocycles. The Morgan fingerprint density at radius 2 is 2.08 bits per heavy atom. The van der Waals surface area contributed by atoms with Gasteiger partial charge in [-0.15, -0.1) is 0 Å². The molecule has 0 N–H and O–H groups in total. The normalized spacial score (nSPS) is 25.3. The molecule has 0 unspecified atom stereocenters. The summed E-state index contributed by atoms with van der Waals surface area (Å²) >= 11 is 0. The van der Waals surface area contributed by atoms with Crippen LogP contribution < -0.4 is 0 Å². The monoisotopic (exact) mass is 180 g/mol. The molecule has 0 spiro atoms. The van der Waals surface area contributed by atoms with E-state index in [-0.39, 0.29) is 17.3 Å². The first-order chi connectivity index (χ1) is 6.11. The van der Waals surface area contributed by atoms with Gasteiger partial charge in [-0.2, -0.15) is 0 Å².